The van der Waals surface area contributed by atoms with Crippen LogP contribution in [0.1, 0.15) is 30.9 Å². The van der Waals surface area contributed by atoms with Crippen molar-refractivity contribution in [2.24, 2.45) is 11.8 Å². The molecule has 2 saturated heterocycles. The van der Waals surface area contributed by atoms with Gasteiger partial charge in [-0.3, -0.25) is 9.59 Å². The Bertz CT molecular complexity index is 995. The van der Waals surface area contributed by atoms with E-state index in [0.29, 0.717) is 19.0 Å². The summed E-state index contributed by atoms with van der Waals surface area (Å²) in [5.41, 5.74) is 2.29. The number of carbonyl (C=O) groups is 2. The SMILES string of the molecule is CC(C)c1ccc(N2C[C@]34C=C[C@H](O3)[C@@H](C(=O)N(C)Cc3ccoc3)[C@@H]4C2=O)cc1. The van der Waals surface area contributed by atoms with E-state index in [1.165, 1.54) is 5.56 Å². The number of nitrogens with zero attached hydrogens (tertiary/aromatic N) is 2. The number of hydrogen-bond donors (Lipinski definition) is 0. The standard InChI is InChI=1S/C24H26N2O4/c1-15(2)17-4-6-18(7-5-17)26-14-24-10-8-19(30-24)20(21(24)23(26)28)22(27)25(3)12-16-9-11-29-13-16/h4-11,13,15,19-21H,12,14H2,1-3H3/t19-,20+,21+,24-/m0/s1. The fourth-order valence-corrected chi connectivity index (χ4v) is 5.03. The van der Waals surface area contributed by atoms with Gasteiger partial charge in [-0.05, 0) is 29.7 Å². The molecular formula is C24H26N2O4. The highest BCUT2D eigenvalue weighted by atomic mass is 16.5. The van der Waals surface area contributed by atoms with Crippen molar-refractivity contribution in [1.29, 1.82) is 0 Å². The maximum atomic E-state index is 13.5. The Labute approximate surface area is 176 Å². The molecular weight excluding hydrogens is 380 g/mol. The van der Waals surface area contributed by atoms with Crippen LogP contribution in [0, 0.1) is 11.8 Å². The maximum Gasteiger partial charge on any atom is 0.234 e. The van der Waals surface area contributed by atoms with E-state index in [1.54, 1.807) is 29.4 Å². The van der Waals surface area contributed by atoms with Gasteiger partial charge in [0.25, 0.3) is 0 Å². The van der Waals surface area contributed by atoms with E-state index < -0.39 is 17.4 Å². The van der Waals surface area contributed by atoms with Crippen molar-refractivity contribution < 1.29 is 18.7 Å². The molecule has 30 heavy (non-hydrogen) atoms. The Morgan fingerprint density at radius 2 is 2.03 bits per heavy atom. The van der Waals surface area contributed by atoms with Gasteiger partial charge in [-0.1, -0.05) is 38.1 Å². The number of ether oxygens (including phenoxy) is 1. The van der Waals surface area contributed by atoms with Crippen LogP contribution in [0.15, 0.2) is 59.4 Å². The van der Waals surface area contributed by atoms with Gasteiger partial charge in [-0.15, -0.1) is 0 Å². The predicted octanol–water partition coefficient (Wildman–Crippen LogP) is 3.35. The molecule has 0 aliphatic carbocycles. The van der Waals surface area contributed by atoms with Gasteiger partial charge >= 0.3 is 0 Å². The number of rotatable bonds is 5. The van der Waals surface area contributed by atoms with Gasteiger partial charge in [0.1, 0.15) is 5.60 Å². The zero-order valence-corrected chi connectivity index (χ0v) is 17.4. The second-order valence-electron chi connectivity index (χ2n) is 8.90. The van der Waals surface area contributed by atoms with E-state index >= 15 is 0 Å². The van der Waals surface area contributed by atoms with Crippen LogP contribution in [-0.4, -0.2) is 42.0 Å². The minimum atomic E-state index is -0.713. The topological polar surface area (TPSA) is 63.0 Å². The lowest BCUT2D eigenvalue weighted by molar-refractivity contribution is -0.139. The van der Waals surface area contributed by atoms with Crippen molar-refractivity contribution >= 4 is 17.5 Å². The third kappa shape index (κ3) is 2.82. The fraction of sp³-hybridized carbons (Fsp3) is 0.417. The van der Waals surface area contributed by atoms with Crippen LogP contribution >= 0.6 is 0 Å². The number of carbonyl (C=O) groups excluding carboxylic acids is 2. The number of fused-ring (bicyclic) bond motifs is 1. The molecule has 1 spiro atoms. The lowest BCUT2D eigenvalue weighted by Gasteiger charge is -2.27. The molecule has 4 atom stereocenters. The van der Waals surface area contributed by atoms with Crippen molar-refractivity contribution in [3.63, 3.8) is 0 Å². The van der Waals surface area contributed by atoms with Crippen molar-refractivity contribution in [3.8, 4) is 0 Å². The molecule has 3 aliphatic rings. The second kappa shape index (κ2) is 6.84. The molecule has 0 unspecified atom stereocenters. The first-order chi connectivity index (χ1) is 14.4. The Morgan fingerprint density at radius 3 is 2.70 bits per heavy atom. The van der Waals surface area contributed by atoms with Crippen LogP contribution in [0.25, 0.3) is 0 Å². The molecule has 2 aromatic rings. The van der Waals surface area contributed by atoms with Gasteiger partial charge in [0.15, 0.2) is 0 Å². The first-order valence-electron chi connectivity index (χ1n) is 10.4. The largest absolute Gasteiger partial charge is 0.472 e. The smallest absolute Gasteiger partial charge is 0.234 e. The number of anilines is 1. The average Bonchev–Trinajstić information content (AvgIpc) is 3.50. The summed E-state index contributed by atoms with van der Waals surface area (Å²) in [5.74, 6) is -0.658. The van der Waals surface area contributed by atoms with Gasteiger partial charge in [-0.2, -0.15) is 0 Å². The van der Waals surface area contributed by atoms with Crippen LogP contribution in [0.5, 0.6) is 0 Å². The first kappa shape index (κ1) is 19.1. The molecule has 2 bridgehead atoms. The first-order valence-corrected chi connectivity index (χ1v) is 10.4. The molecule has 2 fully saturated rings. The van der Waals surface area contributed by atoms with Crippen LogP contribution in [-0.2, 0) is 20.9 Å². The van der Waals surface area contributed by atoms with Crippen molar-refractivity contribution in [2.45, 2.75) is 38.0 Å². The Balaban J connectivity index is 1.40. The lowest BCUT2D eigenvalue weighted by atomic mass is 9.76. The molecule has 5 rings (SSSR count). The molecule has 2 amide bonds. The fourth-order valence-electron chi connectivity index (χ4n) is 5.03. The zero-order chi connectivity index (χ0) is 21.0. The lowest BCUT2D eigenvalue weighted by Crippen LogP contribution is -2.44. The minimum Gasteiger partial charge on any atom is -0.472 e. The van der Waals surface area contributed by atoms with Crippen molar-refractivity contribution in [2.75, 3.05) is 18.5 Å². The van der Waals surface area contributed by atoms with Gasteiger partial charge in [0, 0.05) is 24.8 Å². The van der Waals surface area contributed by atoms with Crippen LogP contribution < -0.4 is 4.90 Å². The zero-order valence-electron chi connectivity index (χ0n) is 17.4. The Kier molecular flexibility index (Phi) is 4.36. The minimum absolute atomic E-state index is 0.0331. The molecule has 0 N–H and O–H groups in total. The maximum absolute atomic E-state index is 13.5. The highest BCUT2D eigenvalue weighted by molar-refractivity contribution is 6.03. The summed E-state index contributed by atoms with van der Waals surface area (Å²) in [6, 6.07) is 9.95. The molecule has 0 saturated carbocycles. The summed E-state index contributed by atoms with van der Waals surface area (Å²) < 4.78 is 11.4. The van der Waals surface area contributed by atoms with Crippen LogP contribution in [0.3, 0.4) is 0 Å². The summed E-state index contributed by atoms with van der Waals surface area (Å²) >= 11 is 0. The number of benzene rings is 1. The summed E-state index contributed by atoms with van der Waals surface area (Å²) in [6.45, 7) is 5.18. The van der Waals surface area contributed by atoms with Gasteiger partial charge < -0.3 is 19.0 Å². The molecule has 6 nitrogen and oxygen atoms in total. The number of amides is 2. The third-order valence-electron chi connectivity index (χ3n) is 6.63. The molecule has 4 heterocycles. The summed E-state index contributed by atoms with van der Waals surface area (Å²) in [4.78, 5) is 30.2. The van der Waals surface area contributed by atoms with Crippen LogP contribution in [0.2, 0.25) is 0 Å². The summed E-state index contributed by atoms with van der Waals surface area (Å²) in [6.07, 6.45) is 6.82. The number of hydrogen-bond acceptors (Lipinski definition) is 4. The average molecular weight is 406 g/mol. The van der Waals surface area contributed by atoms with Gasteiger partial charge in [-0.25, -0.2) is 0 Å². The molecule has 0 radical (unpaired) electrons. The molecule has 1 aromatic carbocycles. The van der Waals surface area contributed by atoms with E-state index in [4.69, 9.17) is 9.15 Å². The number of furan rings is 1. The van der Waals surface area contributed by atoms with Crippen LogP contribution in [0.4, 0.5) is 5.69 Å². The monoisotopic (exact) mass is 406 g/mol. The third-order valence-corrected chi connectivity index (χ3v) is 6.63. The molecule has 3 aliphatic heterocycles. The Hall–Kier alpha value is -2.86. The van der Waals surface area contributed by atoms with Crippen molar-refractivity contribution in [1.82, 2.24) is 4.90 Å². The molecule has 6 heteroatoms. The molecule has 156 valence electrons. The van der Waals surface area contributed by atoms with Gasteiger partial charge in [0.05, 0.1) is 37.0 Å². The van der Waals surface area contributed by atoms with Crippen molar-refractivity contribution in [3.05, 3.63) is 66.1 Å². The Morgan fingerprint density at radius 1 is 1.27 bits per heavy atom. The van der Waals surface area contributed by atoms with E-state index in [9.17, 15) is 9.59 Å². The van der Waals surface area contributed by atoms with E-state index in [-0.39, 0.29) is 17.9 Å². The van der Waals surface area contributed by atoms with E-state index in [1.807, 2.05) is 30.4 Å². The predicted molar refractivity (Wildman–Crippen MR) is 112 cm³/mol. The van der Waals surface area contributed by atoms with E-state index in [0.717, 1.165) is 11.3 Å². The summed E-state index contributed by atoms with van der Waals surface area (Å²) in [5, 5.41) is 0. The highest BCUT2D eigenvalue weighted by Crippen LogP contribution is 2.53. The van der Waals surface area contributed by atoms with E-state index in [2.05, 4.69) is 26.0 Å². The quantitative estimate of drug-likeness (QED) is 0.715. The van der Waals surface area contributed by atoms with Gasteiger partial charge in [0.2, 0.25) is 11.8 Å². The summed E-state index contributed by atoms with van der Waals surface area (Å²) in [7, 11) is 1.76. The normalized spacial score (nSPS) is 29.1. The molecule has 1 aromatic heterocycles. The second-order valence-corrected chi connectivity index (χ2v) is 8.90. The highest BCUT2D eigenvalue weighted by Gasteiger charge is 2.67.